The molecule has 2 aliphatic rings. The lowest BCUT2D eigenvalue weighted by atomic mass is 9.89. The van der Waals surface area contributed by atoms with Gasteiger partial charge >= 0.3 is 0 Å². The van der Waals surface area contributed by atoms with E-state index in [-0.39, 0.29) is 12.5 Å². The van der Waals surface area contributed by atoms with Gasteiger partial charge in [0.1, 0.15) is 6.61 Å². The Hall–Kier alpha value is -0.650. The highest BCUT2D eigenvalue weighted by Gasteiger charge is 2.20. The molecule has 0 radical (unpaired) electrons. The quantitative estimate of drug-likeness (QED) is 0.688. The van der Waals surface area contributed by atoms with Gasteiger partial charge in [0.15, 0.2) is 0 Å². The van der Waals surface area contributed by atoms with Crippen molar-refractivity contribution in [3.8, 4) is 0 Å². The van der Waals surface area contributed by atoms with Crippen LogP contribution in [0.15, 0.2) is 0 Å². The van der Waals surface area contributed by atoms with Gasteiger partial charge in [0.2, 0.25) is 5.91 Å². The Bertz CT molecular complexity index is 285. The van der Waals surface area contributed by atoms with Crippen molar-refractivity contribution >= 4 is 5.91 Å². The summed E-state index contributed by atoms with van der Waals surface area (Å²) in [5.74, 6) is 0.753. The maximum absolute atomic E-state index is 11.4. The summed E-state index contributed by atoms with van der Waals surface area (Å²) < 4.78 is 0. The van der Waals surface area contributed by atoms with Crippen LogP contribution < -0.4 is 5.32 Å². The largest absolute Gasteiger partial charge is 0.387 e. The Morgan fingerprint density at radius 3 is 2.45 bits per heavy atom. The molecule has 0 aromatic carbocycles. The van der Waals surface area contributed by atoms with E-state index in [2.05, 4.69) is 10.2 Å². The van der Waals surface area contributed by atoms with Crippen LogP contribution in [-0.2, 0) is 4.79 Å². The SMILES string of the molecule is O=C(CO)N1CCN(CCNCC2CCCCC2)CC1. The molecule has 0 atom stereocenters. The fourth-order valence-corrected chi connectivity index (χ4v) is 3.26. The molecular formula is C15H29N3O2. The van der Waals surface area contributed by atoms with Crippen molar-refractivity contribution in [2.75, 3.05) is 52.4 Å². The molecule has 1 saturated heterocycles. The molecule has 2 fully saturated rings. The van der Waals surface area contributed by atoms with E-state index in [1.54, 1.807) is 4.90 Å². The molecule has 116 valence electrons. The molecule has 2 N–H and O–H groups in total. The Kier molecular flexibility index (Phi) is 6.76. The van der Waals surface area contributed by atoms with E-state index in [1.165, 1.54) is 38.6 Å². The minimum Gasteiger partial charge on any atom is -0.387 e. The Balaban J connectivity index is 1.51. The number of rotatable bonds is 6. The second kappa shape index (κ2) is 8.60. The van der Waals surface area contributed by atoms with Crippen molar-refractivity contribution in [3.05, 3.63) is 0 Å². The zero-order valence-electron chi connectivity index (χ0n) is 12.5. The average Bonchev–Trinajstić information content (AvgIpc) is 2.52. The summed E-state index contributed by atoms with van der Waals surface area (Å²) in [6.45, 7) is 6.28. The first-order valence-corrected chi connectivity index (χ1v) is 8.11. The van der Waals surface area contributed by atoms with Gasteiger partial charge in [-0.25, -0.2) is 0 Å². The first-order chi connectivity index (χ1) is 9.79. The van der Waals surface area contributed by atoms with E-state index in [4.69, 9.17) is 5.11 Å². The molecule has 5 heteroatoms. The molecule has 1 aliphatic heterocycles. The molecule has 1 amide bonds. The highest BCUT2D eigenvalue weighted by atomic mass is 16.3. The topological polar surface area (TPSA) is 55.8 Å². The monoisotopic (exact) mass is 283 g/mol. The number of carbonyl (C=O) groups excluding carboxylic acids is 1. The van der Waals surface area contributed by atoms with Crippen molar-refractivity contribution < 1.29 is 9.90 Å². The standard InChI is InChI=1S/C15H29N3O2/c19-13-15(20)18-10-8-17(9-11-18)7-6-16-12-14-4-2-1-3-5-14/h14,16,19H,1-13H2. The van der Waals surface area contributed by atoms with Gasteiger partial charge < -0.3 is 15.3 Å². The number of aliphatic hydroxyl groups excluding tert-OH is 1. The van der Waals surface area contributed by atoms with Crippen LogP contribution in [0.4, 0.5) is 0 Å². The Labute approximate surface area is 122 Å². The smallest absolute Gasteiger partial charge is 0.248 e. The first kappa shape index (κ1) is 15.7. The molecule has 0 unspecified atom stereocenters. The Morgan fingerprint density at radius 2 is 1.80 bits per heavy atom. The number of nitrogens with one attached hydrogen (secondary N) is 1. The van der Waals surface area contributed by atoms with Crippen LogP contribution in [0.25, 0.3) is 0 Å². The highest BCUT2D eigenvalue weighted by molar-refractivity contribution is 5.77. The maximum Gasteiger partial charge on any atom is 0.248 e. The van der Waals surface area contributed by atoms with Gasteiger partial charge in [0.25, 0.3) is 0 Å². The average molecular weight is 283 g/mol. The maximum atomic E-state index is 11.4. The Morgan fingerprint density at radius 1 is 1.10 bits per heavy atom. The molecule has 5 nitrogen and oxygen atoms in total. The van der Waals surface area contributed by atoms with Gasteiger partial charge in [0.05, 0.1) is 0 Å². The third-order valence-electron chi connectivity index (χ3n) is 4.62. The number of nitrogens with zero attached hydrogens (tertiary/aromatic N) is 2. The molecule has 20 heavy (non-hydrogen) atoms. The summed E-state index contributed by atoms with van der Waals surface area (Å²) in [6, 6.07) is 0. The van der Waals surface area contributed by atoms with E-state index in [0.717, 1.165) is 45.2 Å². The van der Waals surface area contributed by atoms with Gasteiger partial charge in [-0.3, -0.25) is 9.69 Å². The van der Waals surface area contributed by atoms with Gasteiger partial charge in [-0.05, 0) is 25.3 Å². The van der Waals surface area contributed by atoms with Crippen LogP contribution in [0.2, 0.25) is 0 Å². The number of aliphatic hydroxyl groups is 1. The number of carbonyl (C=O) groups is 1. The van der Waals surface area contributed by atoms with Crippen LogP contribution in [0.1, 0.15) is 32.1 Å². The lowest BCUT2D eigenvalue weighted by Gasteiger charge is -2.34. The predicted octanol–water partition coefficient (Wildman–Crippen LogP) is 0.293. The summed E-state index contributed by atoms with van der Waals surface area (Å²) in [5, 5.41) is 12.4. The molecule has 0 bridgehead atoms. The summed E-state index contributed by atoms with van der Waals surface area (Å²) in [5.41, 5.74) is 0. The molecule has 1 aliphatic carbocycles. The van der Waals surface area contributed by atoms with Gasteiger partial charge in [-0.2, -0.15) is 0 Å². The third kappa shape index (κ3) is 5.04. The first-order valence-electron chi connectivity index (χ1n) is 8.11. The van der Waals surface area contributed by atoms with Crippen molar-refractivity contribution in [1.82, 2.24) is 15.1 Å². The molecule has 1 heterocycles. The highest BCUT2D eigenvalue weighted by Crippen LogP contribution is 2.22. The summed E-state index contributed by atoms with van der Waals surface area (Å²) in [7, 11) is 0. The van der Waals surface area contributed by atoms with Crippen molar-refractivity contribution in [2.45, 2.75) is 32.1 Å². The van der Waals surface area contributed by atoms with E-state index in [1.807, 2.05) is 0 Å². The van der Waals surface area contributed by atoms with Crippen molar-refractivity contribution in [1.29, 1.82) is 0 Å². The third-order valence-corrected chi connectivity index (χ3v) is 4.62. The zero-order chi connectivity index (χ0) is 14.2. The van der Waals surface area contributed by atoms with Crippen molar-refractivity contribution in [2.24, 2.45) is 5.92 Å². The van der Waals surface area contributed by atoms with Crippen LogP contribution in [-0.4, -0.2) is 73.2 Å². The summed E-state index contributed by atoms with van der Waals surface area (Å²) in [6.07, 6.45) is 7.04. The van der Waals surface area contributed by atoms with E-state index in [9.17, 15) is 4.79 Å². The van der Waals surface area contributed by atoms with E-state index < -0.39 is 0 Å². The fraction of sp³-hybridized carbons (Fsp3) is 0.933. The second-order valence-corrected chi connectivity index (χ2v) is 6.09. The number of amides is 1. The van der Waals surface area contributed by atoms with E-state index in [0.29, 0.717) is 0 Å². The van der Waals surface area contributed by atoms with Crippen molar-refractivity contribution in [3.63, 3.8) is 0 Å². The van der Waals surface area contributed by atoms with Crippen LogP contribution in [0.5, 0.6) is 0 Å². The van der Waals surface area contributed by atoms with Crippen LogP contribution in [0.3, 0.4) is 0 Å². The predicted molar refractivity (Wildman–Crippen MR) is 79.6 cm³/mol. The van der Waals surface area contributed by atoms with E-state index >= 15 is 0 Å². The lowest BCUT2D eigenvalue weighted by Crippen LogP contribution is -2.50. The van der Waals surface area contributed by atoms with Gasteiger partial charge in [-0.1, -0.05) is 19.3 Å². The number of hydrogen-bond acceptors (Lipinski definition) is 4. The van der Waals surface area contributed by atoms with Crippen LogP contribution in [0, 0.1) is 5.92 Å². The van der Waals surface area contributed by atoms with Gasteiger partial charge in [-0.15, -0.1) is 0 Å². The van der Waals surface area contributed by atoms with Gasteiger partial charge in [0, 0.05) is 39.3 Å². The second-order valence-electron chi connectivity index (χ2n) is 6.09. The van der Waals surface area contributed by atoms with Crippen LogP contribution >= 0.6 is 0 Å². The lowest BCUT2D eigenvalue weighted by molar-refractivity contribution is -0.135. The summed E-state index contributed by atoms with van der Waals surface area (Å²) in [4.78, 5) is 15.5. The molecule has 0 aromatic heterocycles. The number of hydrogen-bond donors (Lipinski definition) is 2. The molecule has 0 spiro atoms. The summed E-state index contributed by atoms with van der Waals surface area (Å²) >= 11 is 0. The molecule has 2 rings (SSSR count). The number of piperazine rings is 1. The molecule has 1 saturated carbocycles. The normalized spacial score (nSPS) is 22.1. The zero-order valence-corrected chi connectivity index (χ0v) is 12.5. The molecular weight excluding hydrogens is 254 g/mol. The fourth-order valence-electron chi connectivity index (χ4n) is 3.26. The minimum absolute atomic E-state index is 0.139. The molecule has 0 aromatic rings. The minimum atomic E-state index is -0.358.